The Hall–Kier alpha value is -2.73. The number of ether oxygens (including phenoxy) is 2. The first-order chi connectivity index (χ1) is 17.4. The smallest absolute Gasteiger partial charge is 0.236 e. The lowest BCUT2D eigenvalue weighted by molar-refractivity contribution is -0.118. The number of hydrogen-bond donors (Lipinski definition) is 2. The van der Waals surface area contributed by atoms with Crippen molar-refractivity contribution in [3.05, 3.63) is 69.4 Å². The maximum Gasteiger partial charge on any atom is 0.236 e. The van der Waals surface area contributed by atoms with Crippen LogP contribution in [0.2, 0.25) is 5.02 Å². The van der Waals surface area contributed by atoms with Crippen LogP contribution in [0, 0.1) is 5.82 Å². The van der Waals surface area contributed by atoms with Gasteiger partial charge in [-0.3, -0.25) is 4.79 Å². The fourth-order valence-electron chi connectivity index (χ4n) is 4.00. The average molecular weight is 566 g/mol. The van der Waals surface area contributed by atoms with E-state index in [2.05, 4.69) is 15.0 Å². The van der Waals surface area contributed by atoms with E-state index >= 15 is 0 Å². The number of amides is 1. The van der Waals surface area contributed by atoms with Crippen LogP contribution < -0.4 is 19.5 Å². The molecule has 0 unspecified atom stereocenters. The number of sulfonamides is 1. The molecule has 0 radical (unpaired) electrons. The average Bonchev–Trinajstić information content (AvgIpc) is 3.27. The summed E-state index contributed by atoms with van der Waals surface area (Å²) in [4.78, 5) is 18.1. The molecular weight excluding hydrogens is 541 g/mol. The van der Waals surface area contributed by atoms with Crippen molar-refractivity contribution in [1.29, 1.82) is 0 Å². The van der Waals surface area contributed by atoms with Gasteiger partial charge in [0.1, 0.15) is 5.82 Å². The minimum atomic E-state index is -3.82. The molecule has 3 aromatic rings. The fourth-order valence-corrected chi connectivity index (χ4v) is 6.15. The van der Waals surface area contributed by atoms with E-state index < -0.39 is 32.0 Å². The van der Waals surface area contributed by atoms with Crippen LogP contribution in [0.25, 0.3) is 0 Å². The highest BCUT2D eigenvalue weighted by molar-refractivity contribution is 7.90. The number of nitrogens with zero attached hydrogens (tertiary/aromatic N) is 1. The molecule has 1 atom stereocenters. The van der Waals surface area contributed by atoms with Crippen LogP contribution in [0.5, 0.6) is 11.5 Å². The largest absolute Gasteiger partial charge is 0.454 e. The predicted octanol–water partition coefficient (Wildman–Crippen LogP) is 5.14. The van der Waals surface area contributed by atoms with E-state index in [1.807, 2.05) is 12.1 Å². The molecule has 1 amide bonds. The Bertz CT molecular complexity index is 1480. The van der Waals surface area contributed by atoms with Crippen LogP contribution in [0.1, 0.15) is 55.7 Å². The summed E-state index contributed by atoms with van der Waals surface area (Å²) in [5, 5.41) is 3.26. The van der Waals surface area contributed by atoms with Gasteiger partial charge in [0, 0.05) is 16.1 Å². The highest BCUT2D eigenvalue weighted by Gasteiger charge is 2.52. The zero-order valence-electron chi connectivity index (χ0n) is 20.3. The first kappa shape index (κ1) is 25.9. The molecule has 2 aliphatic rings. The van der Waals surface area contributed by atoms with Crippen molar-refractivity contribution in [3.63, 3.8) is 0 Å². The molecule has 37 heavy (non-hydrogen) atoms. The molecule has 2 N–H and O–H groups in total. The van der Waals surface area contributed by atoms with E-state index in [4.69, 9.17) is 21.1 Å². The second-order valence-corrected chi connectivity index (χ2v) is 13.9. The lowest BCUT2D eigenvalue weighted by atomic mass is 9.94. The molecule has 12 heteroatoms. The maximum absolute atomic E-state index is 13.7. The van der Waals surface area contributed by atoms with E-state index in [0.717, 1.165) is 23.0 Å². The number of aromatic nitrogens is 1. The molecule has 196 valence electrons. The number of fused-ring (bicyclic) bond motifs is 1. The van der Waals surface area contributed by atoms with Crippen molar-refractivity contribution in [2.24, 2.45) is 0 Å². The first-order valence-electron chi connectivity index (χ1n) is 11.5. The maximum atomic E-state index is 13.7. The van der Waals surface area contributed by atoms with Gasteiger partial charge in [-0.25, -0.2) is 22.5 Å². The molecule has 5 rings (SSSR count). The van der Waals surface area contributed by atoms with Gasteiger partial charge >= 0.3 is 0 Å². The third-order valence-corrected chi connectivity index (χ3v) is 9.95. The Morgan fingerprint density at radius 1 is 1.16 bits per heavy atom. The molecular formula is C25H25ClFN3O5S2. The van der Waals surface area contributed by atoms with Crippen molar-refractivity contribution in [2.45, 2.75) is 49.8 Å². The van der Waals surface area contributed by atoms with E-state index in [0.29, 0.717) is 39.9 Å². The van der Waals surface area contributed by atoms with Gasteiger partial charge in [0.2, 0.25) is 22.7 Å². The number of anilines is 1. The van der Waals surface area contributed by atoms with Gasteiger partial charge in [-0.1, -0.05) is 35.1 Å². The first-order valence-corrected chi connectivity index (χ1v) is 14.2. The van der Waals surface area contributed by atoms with E-state index in [1.165, 1.54) is 18.3 Å². The van der Waals surface area contributed by atoms with Gasteiger partial charge in [-0.2, -0.15) is 0 Å². The number of thiazole rings is 1. The number of carbonyl (C=O) groups excluding carboxylic acids is 1. The lowest BCUT2D eigenvalue weighted by Crippen LogP contribution is -2.41. The number of halogens is 2. The quantitative estimate of drug-likeness (QED) is 0.411. The lowest BCUT2D eigenvalue weighted by Gasteiger charge is -2.25. The summed E-state index contributed by atoms with van der Waals surface area (Å²) in [6.45, 7) is 4.87. The Morgan fingerprint density at radius 2 is 1.89 bits per heavy atom. The van der Waals surface area contributed by atoms with Gasteiger partial charge in [-0.15, -0.1) is 0 Å². The van der Waals surface area contributed by atoms with Crippen LogP contribution in [0.4, 0.5) is 9.52 Å². The summed E-state index contributed by atoms with van der Waals surface area (Å²) >= 11 is 7.43. The number of nitrogens with one attached hydrogen (secondary N) is 2. The number of benzene rings is 2. The summed E-state index contributed by atoms with van der Waals surface area (Å²) < 4.78 is 52.2. The van der Waals surface area contributed by atoms with Gasteiger partial charge < -0.3 is 14.8 Å². The zero-order valence-corrected chi connectivity index (χ0v) is 22.7. The SMILES string of the molecule is CC(C)(C)S(=O)(=O)N[C@H](c1cnc(NC(=O)C2(c3ccc4c(c3)OCO4)CC2)s1)c1ccc(F)cc1Cl. The molecule has 0 saturated heterocycles. The van der Waals surface area contributed by atoms with Crippen LogP contribution in [0.15, 0.2) is 42.6 Å². The van der Waals surface area contributed by atoms with E-state index in [9.17, 15) is 17.6 Å². The van der Waals surface area contributed by atoms with Gasteiger partial charge in [0.05, 0.1) is 16.2 Å². The van der Waals surface area contributed by atoms with E-state index in [1.54, 1.807) is 26.8 Å². The summed E-state index contributed by atoms with van der Waals surface area (Å²) in [6, 6.07) is 8.34. The minimum Gasteiger partial charge on any atom is -0.454 e. The highest BCUT2D eigenvalue weighted by atomic mass is 35.5. The molecule has 1 aromatic heterocycles. The topological polar surface area (TPSA) is 107 Å². The third-order valence-electron chi connectivity index (χ3n) is 6.49. The number of hydrogen-bond acceptors (Lipinski definition) is 7. The monoisotopic (exact) mass is 565 g/mol. The zero-order chi connectivity index (χ0) is 26.6. The summed E-state index contributed by atoms with van der Waals surface area (Å²) in [5.74, 6) is 0.506. The Labute approximate surface area is 223 Å². The van der Waals surface area contributed by atoms with Crippen LogP contribution in [0.3, 0.4) is 0 Å². The molecule has 1 aliphatic carbocycles. The molecule has 0 bridgehead atoms. The van der Waals surface area contributed by atoms with Gasteiger partial charge in [0.15, 0.2) is 16.6 Å². The normalized spacial score (nSPS) is 16.9. The van der Waals surface area contributed by atoms with Crippen LogP contribution in [-0.2, 0) is 20.2 Å². The second-order valence-electron chi connectivity index (χ2n) is 10.0. The van der Waals surface area contributed by atoms with Gasteiger partial charge in [0.25, 0.3) is 0 Å². The molecule has 2 heterocycles. The van der Waals surface area contributed by atoms with Crippen molar-refractivity contribution in [1.82, 2.24) is 9.71 Å². The number of carbonyl (C=O) groups is 1. The fraction of sp³-hybridized carbons (Fsp3) is 0.360. The highest BCUT2D eigenvalue weighted by Crippen LogP contribution is 2.51. The standard InChI is InChI=1S/C25H25ClFN3O5S2/c1-24(2,3)37(32,33)30-21(16-6-5-15(27)11-17(16)26)20-12-28-23(36-20)29-22(31)25(8-9-25)14-4-7-18-19(10-14)35-13-34-18/h4-7,10-12,21,30H,8-9,13H2,1-3H3,(H,28,29,31)/t21-/m0/s1. The van der Waals surface area contributed by atoms with Gasteiger partial charge in [-0.05, 0) is 69.0 Å². The summed E-state index contributed by atoms with van der Waals surface area (Å²) in [5.41, 5.74) is 0.511. The Balaban J connectivity index is 1.42. The van der Waals surface area contributed by atoms with Crippen molar-refractivity contribution in [3.8, 4) is 11.5 Å². The molecule has 0 spiro atoms. The molecule has 2 aromatic carbocycles. The van der Waals surface area contributed by atoms with Crippen LogP contribution in [-0.4, -0.2) is 30.8 Å². The van der Waals surface area contributed by atoms with Crippen molar-refractivity contribution in [2.75, 3.05) is 12.1 Å². The third kappa shape index (κ3) is 4.93. The molecule has 1 aliphatic heterocycles. The predicted molar refractivity (Wildman–Crippen MR) is 139 cm³/mol. The second kappa shape index (κ2) is 9.23. The summed E-state index contributed by atoms with van der Waals surface area (Å²) in [6.07, 6.45) is 2.84. The number of rotatable bonds is 7. The van der Waals surface area contributed by atoms with E-state index in [-0.39, 0.29) is 17.7 Å². The summed E-state index contributed by atoms with van der Waals surface area (Å²) in [7, 11) is -3.82. The molecule has 1 fully saturated rings. The van der Waals surface area contributed by atoms with Crippen molar-refractivity contribution >= 4 is 44.0 Å². The Morgan fingerprint density at radius 3 is 2.57 bits per heavy atom. The Kier molecular flexibility index (Phi) is 6.46. The molecule has 1 saturated carbocycles. The van der Waals surface area contributed by atoms with Crippen molar-refractivity contribution < 1.29 is 27.1 Å². The molecule has 8 nitrogen and oxygen atoms in total. The van der Waals surface area contributed by atoms with Crippen LogP contribution >= 0.6 is 22.9 Å². The minimum absolute atomic E-state index is 0.0698.